The third kappa shape index (κ3) is 45.1. The molecular weight excluding hydrogens is 1200 g/mol. The Kier molecular flexibility index (Phi) is 54.8. The van der Waals surface area contributed by atoms with Crippen molar-refractivity contribution in [1.82, 2.24) is 16.0 Å². The number of halogens is 2. The zero-order valence-corrected chi connectivity index (χ0v) is 54.5. The maximum atomic E-state index is 12.0. The molecule has 6 atom stereocenters. The summed E-state index contributed by atoms with van der Waals surface area (Å²) in [6.07, 6.45) is 12.3. The molecule has 18 nitrogen and oxygen atoms in total. The molecule has 0 spiro atoms. The van der Waals surface area contributed by atoms with Crippen LogP contribution in [-0.2, 0) is 62.8 Å². The quantitative estimate of drug-likeness (QED) is 0.0175. The molecule has 20 heteroatoms. The Hall–Kier alpha value is -6.22. The molecule has 0 aromatic heterocycles. The van der Waals surface area contributed by atoms with Crippen LogP contribution in [0.3, 0.4) is 0 Å². The van der Waals surface area contributed by atoms with Crippen molar-refractivity contribution >= 4 is 68.9 Å². The van der Waals surface area contributed by atoms with Crippen LogP contribution in [0.15, 0.2) is 91.0 Å². The smallest absolute Gasteiger partial charge is 0.408 e. The number of carbonyl (C=O) groups excluding carboxylic acids is 9. The Bertz CT molecular complexity index is 2250. The molecule has 3 aromatic rings. The summed E-state index contributed by atoms with van der Waals surface area (Å²) in [5.41, 5.74) is 8.26. The molecule has 6 unspecified atom stereocenters. The van der Waals surface area contributed by atoms with Crippen molar-refractivity contribution in [3.8, 4) is 0 Å². The number of Topliss-reactive ketones (excluding diaryl/α,β-unsaturated/α-hetero) is 6. The predicted octanol–water partition coefficient (Wildman–Crippen LogP) is 13.8. The number of ketones is 6. The van der Waals surface area contributed by atoms with E-state index in [4.69, 9.17) is 19.9 Å². The first kappa shape index (κ1) is 86.0. The van der Waals surface area contributed by atoms with Gasteiger partial charge in [-0.25, -0.2) is 14.4 Å². The Balaban J connectivity index is -0.000000544. The highest BCUT2D eigenvalue weighted by Crippen LogP contribution is 2.13. The van der Waals surface area contributed by atoms with Gasteiger partial charge in [0.15, 0.2) is 11.6 Å². The van der Waals surface area contributed by atoms with E-state index in [0.29, 0.717) is 44.9 Å². The van der Waals surface area contributed by atoms with Crippen molar-refractivity contribution in [2.45, 2.75) is 260 Å². The molecule has 3 aromatic carbocycles. The Morgan fingerprint density at radius 1 is 0.455 bits per heavy atom. The molecule has 7 N–H and O–H groups in total. The highest BCUT2D eigenvalue weighted by atomic mass is 79.9. The van der Waals surface area contributed by atoms with Gasteiger partial charge in [0.25, 0.3) is 0 Å². The Labute approximate surface area is 534 Å². The molecule has 0 bridgehead atoms. The van der Waals surface area contributed by atoms with Crippen LogP contribution >= 0.6 is 15.9 Å². The second-order valence-electron chi connectivity index (χ2n) is 21.2. The number of benzene rings is 3. The number of ether oxygens (including phenoxy) is 3. The number of alkyl halides is 1. The maximum Gasteiger partial charge on any atom is 0.408 e. The highest BCUT2D eigenvalue weighted by Gasteiger charge is 2.26. The first-order chi connectivity index (χ1) is 41.3. The molecule has 3 amide bonds. The molecule has 0 saturated carbocycles. The van der Waals surface area contributed by atoms with Gasteiger partial charge in [0, 0.05) is 65.3 Å². The molecule has 0 saturated heterocycles. The van der Waals surface area contributed by atoms with Crippen LogP contribution in [0.25, 0.3) is 0 Å². The third-order valence-corrected chi connectivity index (χ3v) is 14.1. The van der Waals surface area contributed by atoms with Gasteiger partial charge in [0.05, 0.1) is 35.7 Å². The van der Waals surface area contributed by atoms with Crippen molar-refractivity contribution in [3.63, 3.8) is 0 Å². The number of aliphatic hydroxyl groups excluding tert-OH is 2. The van der Waals surface area contributed by atoms with E-state index in [2.05, 4.69) is 59.6 Å². The molecule has 3 rings (SSSR count). The monoisotopic (exact) mass is 1310 g/mol. The summed E-state index contributed by atoms with van der Waals surface area (Å²) in [6, 6.07) is 25.3. The van der Waals surface area contributed by atoms with E-state index in [-0.39, 0.29) is 105 Å². The summed E-state index contributed by atoms with van der Waals surface area (Å²) >= 11 is 3.08. The summed E-state index contributed by atoms with van der Waals surface area (Å²) in [4.78, 5) is 107. The number of hydrogen-bond donors (Lipinski definition) is 6. The van der Waals surface area contributed by atoms with Crippen LogP contribution < -0.4 is 21.7 Å². The van der Waals surface area contributed by atoms with Crippen molar-refractivity contribution in [2.75, 3.05) is 5.33 Å². The summed E-state index contributed by atoms with van der Waals surface area (Å²) in [5.74, 6) is -0.182. The number of carbonyl (C=O) groups is 9. The fourth-order valence-electron chi connectivity index (χ4n) is 8.23. The van der Waals surface area contributed by atoms with E-state index in [1.54, 1.807) is 6.92 Å². The first-order valence-electron chi connectivity index (χ1n) is 31.0. The minimum Gasteiger partial charge on any atom is -0.445 e. The van der Waals surface area contributed by atoms with Gasteiger partial charge in [0.2, 0.25) is 0 Å². The van der Waals surface area contributed by atoms with Gasteiger partial charge in [-0.1, -0.05) is 214 Å². The van der Waals surface area contributed by atoms with Crippen molar-refractivity contribution in [1.29, 1.82) is 0 Å². The molecule has 0 aliphatic carbocycles. The van der Waals surface area contributed by atoms with E-state index in [1.165, 1.54) is 0 Å². The average Bonchev–Trinajstić information content (AvgIpc) is 3.69. The van der Waals surface area contributed by atoms with E-state index in [0.717, 1.165) is 93.7 Å². The maximum absolute atomic E-state index is 12.0. The molecule has 0 aliphatic rings. The molecular formula is C68H110BrFN4O14. The third-order valence-electron chi connectivity index (χ3n) is 13.6. The SMILES string of the molecule is C.CCCCCC(=O)CC(N)C(O)CC.CCCCCC(=O)CC(NC(=O)OCc1ccccc1)C(=O)CBr.CCCCCC(=O)CC(NC(=O)OCc1ccccc1)C(=O)CC.CCCCCC(=O)CC(NC(=O)OCc1ccccc1)C(O)CC.F.[2HH]. The van der Waals surface area contributed by atoms with Crippen LogP contribution in [0.4, 0.5) is 19.1 Å². The van der Waals surface area contributed by atoms with Crippen molar-refractivity contribution in [3.05, 3.63) is 108 Å². The van der Waals surface area contributed by atoms with Crippen LogP contribution in [0.2, 0.25) is 0 Å². The minimum absolute atomic E-state index is 0. The van der Waals surface area contributed by atoms with E-state index < -0.39 is 48.6 Å². The lowest BCUT2D eigenvalue weighted by Gasteiger charge is -2.22. The van der Waals surface area contributed by atoms with E-state index >= 15 is 0 Å². The molecule has 0 radical (unpaired) electrons. The van der Waals surface area contributed by atoms with E-state index in [1.807, 2.05) is 105 Å². The van der Waals surface area contributed by atoms with E-state index in [9.17, 15) is 53.4 Å². The summed E-state index contributed by atoms with van der Waals surface area (Å²) in [7, 11) is 0. The van der Waals surface area contributed by atoms with Crippen LogP contribution in [0.1, 0.15) is 222 Å². The summed E-state index contributed by atoms with van der Waals surface area (Å²) in [6.45, 7) is 14.1. The highest BCUT2D eigenvalue weighted by molar-refractivity contribution is 9.09. The normalized spacial score (nSPS) is 12.3. The van der Waals surface area contributed by atoms with Gasteiger partial charge >= 0.3 is 18.3 Å². The molecule has 88 heavy (non-hydrogen) atoms. The number of rotatable bonds is 41. The number of amides is 3. The number of nitrogens with one attached hydrogen (secondary N) is 3. The van der Waals surface area contributed by atoms with Crippen LogP contribution in [-0.4, -0.2) is 105 Å². The molecule has 0 aliphatic heterocycles. The lowest BCUT2D eigenvalue weighted by atomic mass is 10.00. The Morgan fingerprint density at radius 2 is 0.761 bits per heavy atom. The summed E-state index contributed by atoms with van der Waals surface area (Å²) in [5, 5.41) is 27.2. The van der Waals surface area contributed by atoms with Crippen molar-refractivity contribution < 1.29 is 73.7 Å². The number of nitrogens with two attached hydrogens (primary N) is 1. The van der Waals surface area contributed by atoms with Gasteiger partial charge in [-0.15, -0.1) is 0 Å². The van der Waals surface area contributed by atoms with Gasteiger partial charge in [-0.3, -0.25) is 33.5 Å². The van der Waals surface area contributed by atoms with Gasteiger partial charge < -0.3 is 46.1 Å². The molecule has 0 heterocycles. The Morgan fingerprint density at radius 3 is 1.07 bits per heavy atom. The summed E-state index contributed by atoms with van der Waals surface area (Å²) < 4.78 is 15.4. The van der Waals surface area contributed by atoms with Crippen LogP contribution in [0.5, 0.6) is 0 Å². The fourth-order valence-corrected chi connectivity index (χ4v) is 8.62. The molecule has 0 fully saturated rings. The van der Waals surface area contributed by atoms with Gasteiger partial charge in [-0.2, -0.15) is 0 Å². The predicted molar refractivity (Wildman–Crippen MR) is 352 cm³/mol. The largest absolute Gasteiger partial charge is 0.445 e. The number of alkyl carbamates (subject to hydrolysis) is 3. The second-order valence-corrected chi connectivity index (χ2v) is 21.7. The second kappa shape index (κ2) is 56.0. The first-order valence-corrected chi connectivity index (χ1v) is 32.1. The number of aliphatic hydroxyl groups is 2. The average molecular weight is 1310 g/mol. The molecule has 500 valence electrons. The van der Waals surface area contributed by atoms with Crippen LogP contribution in [0, 0.1) is 0 Å². The zero-order chi connectivity index (χ0) is 64.3. The lowest BCUT2D eigenvalue weighted by molar-refractivity contribution is -0.126. The fraction of sp³-hybridized carbons (Fsp3) is 0.603. The minimum atomic E-state index is -0.846. The van der Waals surface area contributed by atoms with Gasteiger partial charge in [-0.05, 0) is 55.2 Å². The van der Waals surface area contributed by atoms with Crippen molar-refractivity contribution in [2.24, 2.45) is 5.73 Å². The topological polar surface area (TPSA) is 284 Å². The number of hydrogen-bond acceptors (Lipinski definition) is 15. The lowest BCUT2D eigenvalue weighted by Crippen LogP contribution is -2.44. The standard InChI is InChI=1S/C19H29NO4.C19H27NO4.C18H24BrNO4.C11H23NO2.CH4.FH.H2/c2*1-3-5-7-12-16(21)13-17(18(22)4-2)20-19(23)24-14-15-10-8-6-9-11-15;1-2-3-5-10-15(21)11-16(17(22)12-19)20-18(23)24-13-14-8-6-4-7-9-14;1-3-5-6-7-9(13)8-10(12)11(14)4-2;;;/h6,8-11,17-18,22H,3-5,7,12-14H2,1-2H3,(H,20,23);6,8-11,17H,3-5,7,12-14H2,1-2H3,(H,20,23);4,6-9,16H,2-3,5,10-13H2,1H3,(H,20,23);10-11,14H,3-8,12H2,1-2H3;1H4;2*1H/i;;;;;;1+1. The zero-order valence-electron chi connectivity index (χ0n) is 52.9. The van der Waals surface area contributed by atoms with Gasteiger partial charge in [0.1, 0.15) is 43.0 Å². The number of unbranched alkanes of at least 4 members (excludes halogenated alkanes) is 8.